The van der Waals surface area contributed by atoms with Crippen LogP contribution in [0.5, 0.6) is 0 Å². The minimum absolute atomic E-state index is 0.766. The van der Waals surface area contributed by atoms with E-state index in [2.05, 4.69) is 29.2 Å². The zero-order chi connectivity index (χ0) is 13.5. The van der Waals surface area contributed by atoms with E-state index >= 15 is 0 Å². The predicted octanol–water partition coefficient (Wildman–Crippen LogP) is 2.18. The minimum Gasteiger partial charge on any atom is -0.312 e. The van der Waals surface area contributed by atoms with Crippen LogP contribution in [0.2, 0.25) is 0 Å². The van der Waals surface area contributed by atoms with Crippen molar-refractivity contribution in [2.24, 2.45) is 5.92 Å². The third-order valence-corrected chi connectivity index (χ3v) is 4.81. The standard InChI is InChI=1S/C16H33N3/c1-18(2)11-7-13-19-12-6-10-17-16(14-19)15-8-4-3-5-9-15/h15-17H,3-14H2,1-2H3. The third kappa shape index (κ3) is 5.41. The molecular weight excluding hydrogens is 234 g/mol. The molecule has 3 heteroatoms. The van der Waals surface area contributed by atoms with E-state index in [0.29, 0.717) is 0 Å². The van der Waals surface area contributed by atoms with Crippen LogP contribution in [0.25, 0.3) is 0 Å². The van der Waals surface area contributed by atoms with Gasteiger partial charge in [-0.15, -0.1) is 0 Å². The van der Waals surface area contributed by atoms with Gasteiger partial charge in [0, 0.05) is 12.6 Å². The van der Waals surface area contributed by atoms with Crippen molar-refractivity contribution in [1.29, 1.82) is 0 Å². The highest BCUT2D eigenvalue weighted by molar-refractivity contribution is 4.84. The highest BCUT2D eigenvalue weighted by atomic mass is 15.2. The van der Waals surface area contributed by atoms with Crippen LogP contribution in [0, 0.1) is 5.92 Å². The summed E-state index contributed by atoms with van der Waals surface area (Å²) in [6.07, 6.45) is 9.95. The number of nitrogens with zero attached hydrogens (tertiary/aromatic N) is 2. The van der Waals surface area contributed by atoms with Gasteiger partial charge < -0.3 is 15.1 Å². The van der Waals surface area contributed by atoms with Gasteiger partial charge in [-0.05, 0) is 71.9 Å². The van der Waals surface area contributed by atoms with Crippen molar-refractivity contribution >= 4 is 0 Å². The molecule has 0 aromatic carbocycles. The molecule has 1 heterocycles. The van der Waals surface area contributed by atoms with E-state index in [1.54, 1.807) is 0 Å². The molecule has 1 aliphatic carbocycles. The second-order valence-electron chi connectivity index (χ2n) is 6.77. The zero-order valence-electron chi connectivity index (χ0n) is 13.0. The lowest BCUT2D eigenvalue weighted by Crippen LogP contribution is -2.44. The molecule has 1 saturated heterocycles. The van der Waals surface area contributed by atoms with Crippen LogP contribution in [0.1, 0.15) is 44.9 Å². The number of hydrogen-bond donors (Lipinski definition) is 1. The van der Waals surface area contributed by atoms with Gasteiger partial charge in [-0.1, -0.05) is 19.3 Å². The number of rotatable bonds is 5. The van der Waals surface area contributed by atoms with E-state index in [0.717, 1.165) is 12.0 Å². The quantitative estimate of drug-likeness (QED) is 0.824. The Balaban J connectivity index is 1.76. The van der Waals surface area contributed by atoms with Crippen LogP contribution in [-0.2, 0) is 0 Å². The fraction of sp³-hybridized carbons (Fsp3) is 1.00. The Hall–Kier alpha value is -0.120. The number of hydrogen-bond acceptors (Lipinski definition) is 3. The van der Waals surface area contributed by atoms with E-state index < -0.39 is 0 Å². The molecule has 0 bridgehead atoms. The fourth-order valence-corrected chi connectivity index (χ4v) is 3.69. The summed E-state index contributed by atoms with van der Waals surface area (Å²) in [5.74, 6) is 0.947. The Morgan fingerprint density at radius 3 is 2.63 bits per heavy atom. The first-order valence-electron chi connectivity index (χ1n) is 8.36. The molecule has 0 spiro atoms. The van der Waals surface area contributed by atoms with Gasteiger partial charge in [0.15, 0.2) is 0 Å². The molecule has 1 atom stereocenters. The third-order valence-electron chi connectivity index (χ3n) is 4.81. The second kappa shape index (κ2) is 8.23. The van der Waals surface area contributed by atoms with Crippen molar-refractivity contribution in [3.8, 4) is 0 Å². The zero-order valence-corrected chi connectivity index (χ0v) is 13.0. The Kier molecular flexibility index (Phi) is 6.62. The molecule has 2 rings (SSSR count). The summed E-state index contributed by atoms with van der Waals surface area (Å²) in [4.78, 5) is 5.01. The monoisotopic (exact) mass is 267 g/mol. The molecule has 0 radical (unpaired) electrons. The van der Waals surface area contributed by atoms with Crippen molar-refractivity contribution in [3.63, 3.8) is 0 Å². The maximum absolute atomic E-state index is 3.83. The Morgan fingerprint density at radius 2 is 1.89 bits per heavy atom. The van der Waals surface area contributed by atoms with Gasteiger partial charge in [0.05, 0.1) is 0 Å². The van der Waals surface area contributed by atoms with Crippen molar-refractivity contribution in [2.75, 3.05) is 46.8 Å². The van der Waals surface area contributed by atoms with Crippen molar-refractivity contribution in [3.05, 3.63) is 0 Å². The lowest BCUT2D eigenvalue weighted by Gasteiger charge is -2.33. The molecule has 112 valence electrons. The van der Waals surface area contributed by atoms with Gasteiger partial charge >= 0.3 is 0 Å². The highest BCUT2D eigenvalue weighted by Crippen LogP contribution is 2.27. The molecule has 3 nitrogen and oxygen atoms in total. The van der Waals surface area contributed by atoms with Crippen molar-refractivity contribution in [2.45, 2.75) is 51.0 Å². The lowest BCUT2D eigenvalue weighted by atomic mass is 9.83. The average Bonchev–Trinajstić information content (AvgIpc) is 2.65. The molecular formula is C16H33N3. The Morgan fingerprint density at radius 1 is 1.11 bits per heavy atom. The normalized spacial score (nSPS) is 27.6. The van der Waals surface area contributed by atoms with Gasteiger partial charge in [-0.3, -0.25) is 0 Å². The topological polar surface area (TPSA) is 18.5 Å². The Labute approximate surface area is 119 Å². The van der Waals surface area contributed by atoms with Crippen molar-refractivity contribution in [1.82, 2.24) is 15.1 Å². The molecule has 19 heavy (non-hydrogen) atoms. The predicted molar refractivity (Wildman–Crippen MR) is 82.6 cm³/mol. The maximum Gasteiger partial charge on any atom is 0.0223 e. The molecule has 0 amide bonds. The van der Waals surface area contributed by atoms with Gasteiger partial charge in [-0.2, -0.15) is 0 Å². The summed E-state index contributed by atoms with van der Waals surface area (Å²) < 4.78 is 0. The molecule has 2 fully saturated rings. The van der Waals surface area contributed by atoms with Gasteiger partial charge in [0.25, 0.3) is 0 Å². The van der Waals surface area contributed by atoms with E-state index in [9.17, 15) is 0 Å². The SMILES string of the molecule is CN(C)CCCN1CCCNC(C2CCCCC2)C1. The van der Waals surface area contributed by atoms with E-state index in [1.807, 2.05) is 0 Å². The summed E-state index contributed by atoms with van der Waals surface area (Å²) in [6.45, 7) is 6.31. The van der Waals surface area contributed by atoms with E-state index in [-0.39, 0.29) is 0 Å². The van der Waals surface area contributed by atoms with Crippen LogP contribution in [0.15, 0.2) is 0 Å². The van der Waals surface area contributed by atoms with Crippen LogP contribution in [-0.4, -0.2) is 62.7 Å². The molecule has 0 aromatic heterocycles. The second-order valence-corrected chi connectivity index (χ2v) is 6.77. The molecule has 1 aliphatic heterocycles. The molecule has 1 N–H and O–H groups in total. The lowest BCUT2D eigenvalue weighted by molar-refractivity contribution is 0.200. The van der Waals surface area contributed by atoms with Gasteiger partial charge in [0.2, 0.25) is 0 Å². The fourth-order valence-electron chi connectivity index (χ4n) is 3.69. The summed E-state index contributed by atoms with van der Waals surface area (Å²) in [7, 11) is 4.35. The van der Waals surface area contributed by atoms with E-state index in [4.69, 9.17) is 0 Å². The summed E-state index contributed by atoms with van der Waals surface area (Å²) >= 11 is 0. The summed E-state index contributed by atoms with van der Waals surface area (Å²) in [5, 5.41) is 3.83. The smallest absolute Gasteiger partial charge is 0.0223 e. The molecule has 1 unspecified atom stereocenters. The highest BCUT2D eigenvalue weighted by Gasteiger charge is 2.26. The van der Waals surface area contributed by atoms with Crippen LogP contribution < -0.4 is 5.32 Å². The average molecular weight is 267 g/mol. The Bertz CT molecular complexity index is 236. The van der Waals surface area contributed by atoms with Crippen molar-refractivity contribution < 1.29 is 0 Å². The largest absolute Gasteiger partial charge is 0.312 e. The van der Waals surface area contributed by atoms with E-state index in [1.165, 1.54) is 77.7 Å². The van der Waals surface area contributed by atoms with Crippen LogP contribution >= 0.6 is 0 Å². The van der Waals surface area contributed by atoms with Crippen LogP contribution in [0.4, 0.5) is 0 Å². The number of nitrogens with one attached hydrogen (secondary N) is 1. The first-order chi connectivity index (χ1) is 9.25. The molecule has 0 aromatic rings. The molecule has 2 aliphatic rings. The summed E-state index contributed by atoms with van der Waals surface area (Å²) in [5.41, 5.74) is 0. The van der Waals surface area contributed by atoms with Gasteiger partial charge in [0.1, 0.15) is 0 Å². The van der Waals surface area contributed by atoms with Gasteiger partial charge in [-0.25, -0.2) is 0 Å². The maximum atomic E-state index is 3.83. The first kappa shape index (κ1) is 15.3. The summed E-state index contributed by atoms with van der Waals surface area (Å²) in [6, 6.07) is 0.766. The molecule has 1 saturated carbocycles. The minimum atomic E-state index is 0.766. The first-order valence-corrected chi connectivity index (χ1v) is 8.36. The van der Waals surface area contributed by atoms with Crippen LogP contribution in [0.3, 0.4) is 0 Å².